The van der Waals surface area contributed by atoms with Crippen LogP contribution in [-0.4, -0.2) is 28.8 Å². The van der Waals surface area contributed by atoms with Crippen LogP contribution in [0, 0.1) is 0 Å². The molecule has 7 nitrogen and oxygen atoms in total. The number of rotatable bonds is 5. The zero-order chi connectivity index (χ0) is 16.1. The Morgan fingerprint density at radius 1 is 1.09 bits per heavy atom. The number of hydrogen-bond donors (Lipinski definition) is 0. The number of ether oxygens (including phenoxy) is 2. The Balaban J connectivity index is 2.37. The number of carbonyl (C=O) groups is 1. The molecule has 2 rings (SSSR count). The lowest BCUT2D eigenvalue weighted by Crippen LogP contribution is -2.41. The van der Waals surface area contributed by atoms with Crippen molar-refractivity contribution in [3.8, 4) is 11.4 Å². The van der Waals surface area contributed by atoms with Crippen molar-refractivity contribution in [2.75, 3.05) is 13.7 Å². The van der Waals surface area contributed by atoms with Gasteiger partial charge in [-0.25, -0.2) is 0 Å². The first-order chi connectivity index (χ1) is 10.6. The molecular formula is C15H16N2O5. The van der Waals surface area contributed by atoms with Crippen LogP contribution in [0.5, 0.6) is 5.75 Å². The number of methoxy groups -OCH3 is 1. The molecule has 0 aliphatic heterocycles. The quantitative estimate of drug-likeness (QED) is 0.596. The minimum Gasteiger partial charge on any atom is -0.494 e. The van der Waals surface area contributed by atoms with E-state index in [0.717, 1.165) is 4.57 Å². The van der Waals surface area contributed by atoms with Crippen LogP contribution in [0.1, 0.15) is 6.92 Å². The standard InChI is InChI=1S/C15H16N2O5/c1-3-22-12-6-4-11(5-7-12)17-9-8-16(10-13(18)21-2)14(19)15(17)20/h4-9H,3,10H2,1-2H3. The van der Waals surface area contributed by atoms with Gasteiger partial charge < -0.3 is 9.47 Å². The molecular weight excluding hydrogens is 288 g/mol. The van der Waals surface area contributed by atoms with E-state index in [1.165, 1.54) is 24.1 Å². The molecule has 0 fully saturated rings. The summed E-state index contributed by atoms with van der Waals surface area (Å²) in [5.41, 5.74) is -0.992. The van der Waals surface area contributed by atoms with Crippen LogP contribution in [-0.2, 0) is 16.1 Å². The van der Waals surface area contributed by atoms with E-state index in [1.807, 2.05) is 6.92 Å². The van der Waals surface area contributed by atoms with Gasteiger partial charge in [0.25, 0.3) is 0 Å². The van der Waals surface area contributed by atoms with E-state index >= 15 is 0 Å². The Morgan fingerprint density at radius 2 is 1.77 bits per heavy atom. The molecule has 0 amide bonds. The van der Waals surface area contributed by atoms with Gasteiger partial charge in [-0.1, -0.05) is 0 Å². The maximum absolute atomic E-state index is 12.1. The average Bonchev–Trinajstić information content (AvgIpc) is 2.53. The molecule has 22 heavy (non-hydrogen) atoms. The molecule has 0 aliphatic carbocycles. The molecule has 1 aromatic carbocycles. The Labute approximate surface area is 126 Å². The van der Waals surface area contributed by atoms with E-state index in [2.05, 4.69) is 4.74 Å². The second-order valence-electron chi connectivity index (χ2n) is 4.41. The van der Waals surface area contributed by atoms with Crippen molar-refractivity contribution in [2.45, 2.75) is 13.5 Å². The van der Waals surface area contributed by atoms with E-state index in [9.17, 15) is 14.4 Å². The van der Waals surface area contributed by atoms with Gasteiger partial charge >= 0.3 is 17.1 Å². The minimum atomic E-state index is -0.790. The van der Waals surface area contributed by atoms with E-state index in [4.69, 9.17) is 4.74 Å². The Morgan fingerprint density at radius 3 is 2.36 bits per heavy atom. The van der Waals surface area contributed by atoms with Crippen LogP contribution in [0.3, 0.4) is 0 Å². The molecule has 0 spiro atoms. The summed E-state index contributed by atoms with van der Waals surface area (Å²) in [5.74, 6) is 0.0821. The van der Waals surface area contributed by atoms with Crippen LogP contribution in [0.25, 0.3) is 5.69 Å². The monoisotopic (exact) mass is 304 g/mol. The Bertz CT molecular complexity index is 774. The van der Waals surface area contributed by atoms with Crippen LogP contribution in [0.15, 0.2) is 46.2 Å². The maximum Gasteiger partial charge on any atom is 0.325 e. The third-order valence-electron chi connectivity index (χ3n) is 3.01. The van der Waals surface area contributed by atoms with Gasteiger partial charge in [-0.3, -0.25) is 23.5 Å². The second kappa shape index (κ2) is 6.75. The van der Waals surface area contributed by atoms with Gasteiger partial charge in [-0.05, 0) is 31.2 Å². The molecule has 1 aromatic heterocycles. The molecule has 7 heteroatoms. The zero-order valence-corrected chi connectivity index (χ0v) is 12.3. The van der Waals surface area contributed by atoms with Crippen LogP contribution in [0.4, 0.5) is 0 Å². The summed E-state index contributed by atoms with van der Waals surface area (Å²) in [6, 6.07) is 6.78. The van der Waals surface area contributed by atoms with Crippen molar-refractivity contribution >= 4 is 5.97 Å². The summed E-state index contributed by atoms with van der Waals surface area (Å²) in [4.78, 5) is 35.3. The van der Waals surface area contributed by atoms with Crippen molar-refractivity contribution in [2.24, 2.45) is 0 Å². The number of benzene rings is 1. The highest BCUT2D eigenvalue weighted by atomic mass is 16.5. The number of hydrogen-bond acceptors (Lipinski definition) is 5. The predicted octanol–water partition coefficient (Wildman–Crippen LogP) is 0.571. The third-order valence-corrected chi connectivity index (χ3v) is 3.01. The third kappa shape index (κ3) is 3.25. The van der Waals surface area contributed by atoms with Gasteiger partial charge in [-0.15, -0.1) is 0 Å². The molecule has 0 radical (unpaired) electrons. The highest BCUT2D eigenvalue weighted by molar-refractivity contribution is 5.68. The topological polar surface area (TPSA) is 79.5 Å². The molecule has 0 N–H and O–H groups in total. The molecule has 0 aliphatic rings. The highest BCUT2D eigenvalue weighted by Crippen LogP contribution is 2.13. The maximum atomic E-state index is 12.1. The lowest BCUT2D eigenvalue weighted by Gasteiger charge is -2.09. The van der Waals surface area contributed by atoms with Gasteiger partial charge in [0, 0.05) is 18.1 Å². The molecule has 0 unspecified atom stereocenters. The van der Waals surface area contributed by atoms with Crippen molar-refractivity contribution in [1.82, 2.24) is 9.13 Å². The molecule has 2 aromatic rings. The number of carbonyl (C=O) groups excluding carboxylic acids is 1. The van der Waals surface area contributed by atoms with Crippen LogP contribution < -0.4 is 15.9 Å². The number of esters is 1. The molecule has 0 bridgehead atoms. The van der Waals surface area contributed by atoms with Gasteiger partial charge in [0.2, 0.25) is 0 Å². The van der Waals surface area contributed by atoms with E-state index in [0.29, 0.717) is 18.0 Å². The largest absolute Gasteiger partial charge is 0.494 e. The molecule has 1 heterocycles. The number of aromatic nitrogens is 2. The SMILES string of the molecule is CCOc1ccc(-n2ccn(CC(=O)OC)c(=O)c2=O)cc1. The second-order valence-corrected chi connectivity index (χ2v) is 4.41. The summed E-state index contributed by atoms with van der Waals surface area (Å²) in [5, 5.41) is 0. The van der Waals surface area contributed by atoms with Crippen LogP contribution >= 0.6 is 0 Å². The normalized spacial score (nSPS) is 10.3. The van der Waals surface area contributed by atoms with Gasteiger partial charge in [-0.2, -0.15) is 0 Å². The summed E-state index contributed by atoms with van der Waals surface area (Å²) < 4.78 is 12.0. The lowest BCUT2D eigenvalue weighted by molar-refractivity contribution is -0.141. The minimum absolute atomic E-state index is 0.297. The smallest absolute Gasteiger partial charge is 0.325 e. The van der Waals surface area contributed by atoms with Crippen LogP contribution in [0.2, 0.25) is 0 Å². The van der Waals surface area contributed by atoms with Crippen molar-refractivity contribution in [3.05, 3.63) is 57.4 Å². The highest BCUT2D eigenvalue weighted by Gasteiger charge is 2.10. The first-order valence-electron chi connectivity index (χ1n) is 6.69. The predicted molar refractivity (Wildman–Crippen MR) is 79.5 cm³/mol. The van der Waals surface area contributed by atoms with Crippen molar-refractivity contribution in [1.29, 1.82) is 0 Å². The summed E-state index contributed by atoms with van der Waals surface area (Å²) >= 11 is 0. The average molecular weight is 304 g/mol. The number of nitrogens with zero attached hydrogens (tertiary/aromatic N) is 2. The first kappa shape index (κ1) is 15.6. The first-order valence-corrected chi connectivity index (χ1v) is 6.69. The van der Waals surface area contributed by atoms with E-state index in [1.54, 1.807) is 24.3 Å². The van der Waals surface area contributed by atoms with E-state index in [-0.39, 0.29) is 6.54 Å². The zero-order valence-electron chi connectivity index (χ0n) is 12.3. The molecule has 0 saturated heterocycles. The summed E-state index contributed by atoms with van der Waals surface area (Å²) in [6.07, 6.45) is 2.81. The summed E-state index contributed by atoms with van der Waals surface area (Å²) in [7, 11) is 1.22. The Kier molecular flexibility index (Phi) is 4.77. The molecule has 0 saturated carbocycles. The molecule has 0 atom stereocenters. The fourth-order valence-corrected chi connectivity index (χ4v) is 1.91. The molecule has 116 valence electrons. The van der Waals surface area contributed by atoms with Gasteiger partial charge in [0.1, 0.15) is 12.3 Å². The Hall–Kier alpha value is -2.83. The fourth-order valence-electron chi connectivity index (χ4n) is 1.91. The van der Waals surface area contributed by atoms with Crippen molar-refractivity contribution in [3.63, 3.8) is 0 Å². The van der Waals surface area contributed by atoms with Crippen molar-refractivity contribution < 1.29 is 14.3 Å². The summed E-state index contributed by atoms with van der Waals surface area (Å²) in [6.45, 7) is 2.12. The van der Waals surface area contributed by atoms with Gasteiger partial charge in [0.15, 0.2) is 0 Å². The van der Waals surface area contributed by atoms with Gasteiger partial charge in [0.05, 0.1) is 13.7 Å². The van der Waals surface area contributed by atoms with E-state index < -0.39 is 17.1 Å². The fraction of sp³-hybridized carbons (Fsp3) is 0.267. The lowest BCUT2D eigenvalue weighted by atomic mass is 10.3.